The summed E-state index contributed by atoms with van der Waals surface area (Å²) in [4.78, 5) is 14.3. The van der Waals surface area contributed by atoms with Crippen molar-refractivity contribution >= 4 is 17.5 Å². The molecule has 2 heterocycles. The summed E-state index contributed by atoms with van der Waals surface area (Å²) in [7, 11) is 0. The van der Waals surface area contributed by atoms with Crippen molar-refractivity contribution < 1.29 is 13.6 Å². The van der Waals surface area contributed by atoms with E-state index in [-0.39, 0.29) is 12.5 Å². The molecule has 3 aromatic rings. The summed E-state index contributed by atoms with van der Waals surface area (Å²) in [6.45, 7) is 3.91. The second-order valence-corrected chi connectivity index (χ2v) is 6.53. The highest BCUT2D eigenvalue weighted by atomic mass is 35.5. The average Bonchev–Trinajstić information content (AvgIpc) is 3.33. The Kier molecular flexibility index (Phi) is 6.62. The molecule has 8 heteroatoms. The van der Waals surface area contributed by atoms with Crippen LogP contribution in [-0.2, 0) is 17.9 Å². The molecule has 0 aliphatic carbocycles. The molecular formula is C19H21ClN4O3. The van der Waals surface area contributed by atoms with Crippen LogP contribution in [0.4, 0.5) is 0 Å². The zero-order valence-corrected chi connectivity index (χ0v) is 15.8. The zero-order valence-electron chi connectivity index (χ0n) is 15.0. The highest BCUT2D eigenvalue weighted by Gasteiger charge is 2.16. The van der Waals surface area contributed by atoms with Crippen LogP contribution in [0.15, 0.2) is 51.5 Å². The molecule has 142 valence electrons. The molecule has 1 aromatic carbocycles. The first-order valence-electron chi connectivity index (χ1n) is 8.74. The van der Waals surface area contributed by atoms with E-state index in [1.807, 2.05) is 17.0 Å². The van der Waals surface area contributed by atoms with Crippen LogP contribution >= 0.6 is 11.6 Å². The third kappa shape index (κ3) is 5.67. The molecule has 27 heavy (non-hydrogen) atoms. The lowest BCUT2D eigenvalue weighted by Gasteiger charge is -2.19. The van der Waals surface area contributed by atoms with Gasteiger partial charge in [0, 0.05) is 11.6 Å². The average molecular weight is 389 g/mol. The number of benzene rings is 1. The van der Waals surface area contributed by atoms with Crippen LogP contribution in [0.2, 0.25) is 5.02 Å². The number of carbonyl (C=O) groups excluding carboxylic acids is 1. The van der Waals surface area contributed by atoms with Gasteiger partial charge in [-0.2, -0.15) is 0 Å². The van der Waals surface area contributed by atoms with E-state index in [1.165, 1.54) is 0 Å². The third-order valence-electron chi connectivity index (χ3n) is 3.87. The Bertz CT molecular complexity index is 846. The van der Waals surface area contributed by atoms with Crippen molar-refractivity contribution in [1.29, 1.82) is 0 Å². The highest BCUT2D eigenvalue weighted by molar-refractivity contribution is 6.30. The van der Waals surface area contributed by atoms with Gasteiger partial charge in [0.2, 0.25) is 11.8 Å². The molecule has 0 unspecified atom stereocenters. The normalized spacial score (nSPS) is 11.1. The Morgan fingerprint density at radius 3 is 2.74 bits per heavy atom. The molecule has 0 bridgehead atoms. The van der Waals surface area contributed by atoms with E-state index in [9.17, 15) is 4.79 Å². The molecule has 0 radical (unpaired) electrons. The second-order valence-electron chi connectivity index (χ2n) is 6.09. The minimum atomic E-state index is -0.0656. The molecular weight excluding hydrogens is 368 g/mol. The number of hydrogen-bond donors (Lipinski definition) is 1. The van der Waals surface area contributed by atoms with Crippen LogP contribution in [0.5, 0.6) is 0 Å². The maximum atomic E-state index is 12.3. The van der Waals surface area contributed by atoms with Crippen LogP contribution < -0.4 is 5.32 Å². The molecule has 1 N–H and O–H groups in total. The van der Waals surface area contributed by atoms with Gasteiger partial charge in [0.05, 0.1) is 19.4 Å². The minimum Gasteiger partial charge on any atom is -0.459 e. The van der Waals surface area contributed by atoms with E-state index < -0.39 is 0 Å². The van der Waals surface area contributed by atoms with E-state index in [4.69, 9.17) is 20.4 Å². The highest BCUT2D eigenvalue weighted by Crippen LogP contribution is 2.18. The number of amides is 1. The lowest BCUT2D eigenvalue weighted by atomic mass is 10.2. The minimum absolute atomic E-state index is 0.0656. The molecule has 0 fully saturated rings. The maximum Gasteiger partial charge on any atom is 0.283 e. The predicted molar refractivity (Wildman–Crippen MR) is 101 cm³/mol. The number of halogens is 1. The monoisotopic (exact) mass is 388 g/mol. The van der Waals surface area contributed by atoms with E-state index in [0.29, 0.717) is 35.7 Å². The van der Waals surface area contributed by atoms with Crippen LogP contribution in [0.25, 0.3) is 11.7 Å². The van der Waals surface area contributed by atoms with Crippen molar-refractivity contribution in [3.05, 3.63) is 59.1 Å². The number of aromatic nitrogens is 2. The lowest BCUT2D eigenvalue weighted by Crippen LogP contribution is -2.37. The molecule has 0 saturated carbocycles. The SMILES string of the molecule is CCCN(CC(=O)NCc1ccc(Cl)cc1)Cc1nnc(-c2ccco2)o1. The van der Waals surface area contributed by atoms with Crippen LogP contribution in [0.1, 0.15) is 24.8 Å². The van der Waals surface area contributed by atoms with Gasteiger partial charge >= 0.3 is 0 Å². The molecule has 0 saturated heterocycles. The summed E-state index contributed by atoms with van der Waals surface area (Å²) in [6, 6.07) is 10.9. The first-order valence-corrected chi connectivity index (χ1v) is 9.11. The molecule has 0 atom stereocenters. The van der Waals surface area contributed by atoms with E-state index in [1.54, 1.807) is 30.5 Å². The quantitative estimate of drug-likeness (QED) is 0.603. The Hall–Kier alpha value is -2.64. The topological polar surface area (TPSA) is 84.4 Å². The summed E-state index contributed by atoms with van der Waals surface area (Å²) in [6.07, 6.45) is 2.46. The standard InChI is InChI=1S/C19H21ClN4O3/c1-2-9-24(12-17(25)21-11-14-5-7-15(20)8-6-14)13-18-22-23-19(27-18)16-4-3-10-26-16/h3-8,10H,2,9,11-13H2,1H3,(H,21,25). The number of rotatable bonds is 9. The van der Waals surface area contributed by atoms with Gasteiger partial charge in [-0.1, -0.05) is 30.7 Å². The van der Waals surface area contributed by atoms with E-state index in [0.717, 1.165) is 18.5 Å². The van der Waals surface area contributed by atoms with Gasteiger partial charge in [-0.05, 0) is 42.8 Å². The van der Waals surface area contributed by atoms with Gasteiger partial charge in [-0.25, -0.2) is 0 Å². The van der Waals surface area contributed by atoms with Gasteiger partial charge in [0.25, 0.3) is 5.89 Å². The van der Waals surface area contributed by atoms with Crippen molar-refractivity contribution in [2.45, 2.75) is 26.4 Å². The Labute approximate surface area is 162 Å². The van der Waals surface area contributed by atoms with Crippen LogP contribution in [0, 0.1) is 0 Å². The summed E-state index contributed by atoms with van der Waals surface area (Å²) in [5, 5.41) is 11.6. The van der Waals surface area contributed by atoms with Crippen molar-refractivity contribution in [2.24, 2.45) is 0 Å². The Balaban J connectivity index is 1.53. The van der Waals surface area contributed by atoms with Crippen molar-refractivity contribution in [1.82, 2.24) is 20.4 Å². The first kappa shape index (κ1) is 19.1. The molecule has 2 aromatic heterocycles. The number of carbonyl (C=O) groups is 1. The summed E-state index contributed by atoms with van der Waals surface area (Å²) >= 11 is 5.87. The molecule has 0 aliphatic heterocycles. The van der Waals surface area contributed by atoms with Crippen molar-refractivity contribution in [3.63, 3.8) is 0 Å². The zero-order chi connectivity index (χ0) is 19.1. The fraction of sp³-hybridized carbons (Fsp3) is 0.316. The number of nitrogens with one attached hydrogen (secondary N) is 1. The summed E-state index contributed by atoms with van der Waals surface area (Å²) in [5.41, 5.74) is 0.995. The van der Waals surface area contributed by atoms with Gasteiger partial charge < -0.3 is 14.2 Å². The maximum absolute atomic E-state index is 12.3. The molecule has 7 nitrogen and oxygen atoms in total. The number of furan rings is 1. The van der Waals surface area contributed by atoms with Gasteiger partial charge in [-0.3, -0.25) is 9.69 Å². The van der Waals surface area contributed by atoms with Crippen LogP contribution in [-0.4, -0.2) is 34.1 Å². The number of hydrogen-bond acceptors (Lipinski definition) is 6. The molecule has 0 spiro atoms. The smallest absolute Gasteiger partial charge is 0.283 e. The summed E-state index contributed by atoms with van der Waals surface area (Å²) < 4.78 is 10.9. The Morgan fingerprint density at radius 2 is 2.04 bits per heavy atom. The lowest BCUT2D eigenvalue weighted by molar-refractivity contribution is -0.122. The largest absolute Gasteiger partial charge is 0.459 e. The van der Waals surface area contributed by atoms with Gasteiger partial charge in [0.1, 0.15) is 0 Å². The molecule has 3 rings (SSSR count). The summed E-state index contributed by atoms with van der Waals surface area (Å²) in [5.74, 6) is 1.24. The van der Waals surface area contributed by atoms with Crippen molar-refractivity contribution in [2.75, 3.05) is 13.1 Å². The predicted octanol–water partition coefficient (Wildman–Crippen LogP) is 3.51. The van der Waals surface area contributed by atoms with Crippen molar-refractivity contribution in [3.8, 4) is 11.7 Å². The Morgan fingerprint density at radius 1 is 1.22 bits per heavy atom. The first-order chi connectivity index (χ1) is 13.1. The number of nitrogens with zero attached hydrogens (tertiary/aromatic N) is 3. The van der Waals surface area contributed by atoms with E-state index >= 15 is 0 Å². The van der Waals surface area contributed by atoms with Gasteiger partial charge in [0.15, 0.2) is 5.76 Å². The fourth-order valence-corrected chi connectivity index (χ4v) is 2.73. The van der Waals surface area contributed by atoms with E-state index in [2.05, 4.69) is 22.4 Å². The third-order valence-corrected chi connectivity index (χ3v) is 4.12. The van der Waals surface area contributed by atoms with Gasteiger partial charge in [-0.15, -0.1) is 10.2 Å². The second kappa shape index (κ2) is 9.34. The fourth-order valence-electron chi connectivity index (χ4n) is 2.60. The van der Waals surface area contributed by atoms with Crippen LogP contribution in [0.3, 0.4) is 0 Å². The molecule has 0 aliphatic rings. The molecule has 1 amide bonds.